The predicted molar refractivity (Wildman–Crippen MR) is 140 cm³/mol. The number of amides is 2. The van der Waals surface area contributed by atoms with Crippen LogP contribution in [0.15, 0.2) is 91.0 Å². The van der Waals surface area contributed by atoms with E-state index in [9.17, 15) is 9.59 Å². The van der Waals surface area contributed by atoms with Crippen LogP contribution in [0.25, 0.3) is 6.08 Å². The van der Waals surface area contributed by atoms with Crippen molar-refractivity contribution in [2.75, 3.05) is 36.4 Å². The summed E-state index contributed by atoms with van der Waals surface area (Å²) in [5, 5.41) is 2.94. The quantitative estimate of drug-likeness (QED) is 0.503. The summed E-state index contributed by atoms with van der Waals surface area (Å²) in [5.41, 5.74) is 1.78. The van der Waals surface area contributed by atoms with Crippen molar-refractivity contribution in [2.24, 2.45) is 0 Å². The van der Waals surface area contributed by atoms with Gasteiger partial charge in [0.25, 0.3) is 5.91 Å². The molecule has 6 nitrogen and oxygen atoms in total. The van der Waals surface area contributed by atoms with E-state index < -0.39 is 5.60 Å². The lowest BCUT2D eigenvalue weighted by atomic mass is 10.1. The van der Waals surface area contributed by atoms with E-state index in [-0.39, 0.29) is 11.8 Å². The molecule has 0 aliphatic carbocycles. The number of benzene rings is 3. The highest BCUT2D eigenvalue weighted by atomic mass is 16.5. The SMILES string of the molecule is CC(C)(Oc1ccccc1)C(=O)Nc1ccc(N2CCN(C(=O)/C=C/c3ccccc3)CC2)cc1. The molecule has 1 N–H and O–H groups in total. The lowest BCUT2D eigenvalue weighted by Crippen LogP contribution is -2.48. The zero-order valence-electron chi connectivity index (χ0n) is 20.2. The summed E-state index contributed by atoms with van der Waals surface area (Å²) in [7, 11) is 0. The molecule has 3 aromatic rings. The van der Waals surface area contributed by atoms with Gasteiger partial charge in [0.15, 0.2) is 5.60 Å². The molecule has 1 saturated heterocycles. The summed E-state index contributed by atoms with van der Waals surface area (Å²) in [5.74, 6) is 0.466. The van der Waals surface area contributed by atoms with Gasteiger partial charge in [0.05, 0.1) is 0 Å². The fourth-order valence-electron chi connectivity index (χ4n) is 3.89. The monoisotopic (exact) mass is 469 g/mol. The molecule has 3 aromatic carbocycles. The van der Waals surface area contributed by atoms with Crippen LogP contribution in [-0.4, -0.2) is 48.5 Å². The van der Waals surface area contributed by atoms with Crippen molar-refractivity contribution in [1.82, 2.24) is 4.90 Å². The van der Waals surface area contributed by atoms with Crippen molar-refractivity contribution in [3.05, 3.63) is 96.6 Å². The van der Waals surface area contributed by atoms with Crippen molar-refractivity contribution in [1.29, 1.82) is 0 Å². The van der Waals surface area contributed by atoms with Gasteiger partial charge in [-0.15, -0.1) is 0 Å². The molecule has 1 fully saturated rings. The summed E-state index contributed by atoms with van der Waals surface area (Å²) >= 11 is 0. The van der Waals surface area contributed by atoms with Crippen molar-refractivity contribution in [2.45, 2.75) is 19.4 Å². The lowest BCUT2D eigenvalue weighted by Gasteiger charge is -2.35. The first-order chi connectivity index (χ1) is 16.9. The Morgan fingerprint density at radius 2 is 1.43 bits per heavy atom. The predicted octanol–water partition coefficient (Wildman–Crippen LogP) is 4.84. The van der Waals surface area contributed by atoms with E-state index in [0.717, 1.165) is 24.3 Å². The number of para-hydroxylation sites is 1. The molecule has 0 unspecified atom stereocenters. The van der Waals surface area contributed by atoms with Gasteiger partial charge in [-0.1, -0.05) is 48.5 Å². The molecule has 0 bridgehead atoms. The first-order valence-electron chi connectivity index (χ1n) is 11.8. The first kappa shape index (κ1) is 24.1. The van der Waals surface area contributed by atoms with Crippen molar-refractivity contribution >= 4 is 29.3 Å². The molecule has 1 aliphatic rings. The molecule has 0 spiro atoms. The molecule has 180 valence electrons. The van der Waals surface area contributed by atoms with Gasteiger partial charge in [0, 0.05) is 43.6 Å². The van der Waals surface area contributed by atoms with Crippen LogP contribution in [0.1, 0.15) is 19.4 Å². The summed E-state index contributed by atoms with van der Waals surface area (Å²) in [4.78, 5) is 29.4. The standard InChI is InChI=1S/C29H31N3O3/c1-29(2,35-26-11-7-4-8-12-26)28(34)30-24-14-16-25(17-15-24)31-19-21-32(22-20-31)27(33)18-13-23-9-5-3-6-10-23/h3-18H,19-22H2,1-2H3,(H,30,34)/b18-13+. The van der Waals surface area contributed by atoms with E-state index >= 15 is 0 Å². The topological polar surface area (TPSA) is 61.9 Å². The Bertz CT molecular complexity index is 1150. The van der Waals surface area contributed by atoms with Crippen LogP contribution in [-0.2, 0) is 9.59 Å². The number of nitrogens with zero attached hydrogens (tertiary/aromatic N) is 2. The summed E-state index contributed by atoms with van der Waals surface area (Å²) in [6.45, 7) is 6.35. The van der Waals surface area contributed by atoms with Gasteiger partial charge in [0.1, 0.15) is 5.75 Å². The molecular formula is C29H31N3O3. The Balaban J connectivity index is 1.28. The number of carbonyl (C=O) groups is 2. The number of rotatable bonds is 7. The average Bonchev–Trinajstić information content (AvgIpc) is 2.89. The van der Waals surface area contributed by atoms with Crippen LogP contribution < -0.4 is 15.0 Å². The minimum atomic E-state index is -1.02. The maximum atomic E-state index is 12.8. The number of hydrogen-bond donors (Lipinski definition) is 1. The third kappa shape index (κ3) is 6.51. The molecule has 0 atom stereocenters. The van der Waals surface area contributed by atoms with Gasteiger partial charge >= 0.3 is 0 Å². The number of carbonyl (C=O) groups excluding carboxylic acids is 2. The Morgan fingerprint density at radius 1 is 0.829 bits per heavy atom. The minimum absolute atomic E-state index is 0.0342. The van der Waals surface area contributed by atoms with Gasteiger partial charge < -0.3 is 19.9 Å². The Labute approximate surface area is 206 Å². The highest BCUT2D eigenvalue weighted by molar-refractivity contribution is 5.97. The molecule has 1 aliphatic heterocycles. The van der Waals surface area contributed by atoms with Crippen molar-refractivity contribution in [3.8, 4) is 5.75 Å². The molecule has 0 aromatic heterocycles. The van der Waals surface area contributed by atoms with Crippen LogP contribution in [0.4, 0.5) is 11.4 Å². The van der Waals surface area contributed by atoms with Crippen LogP contribution in [0.2, 0.25) is 0 Å². The minimum Gasteiger partial charge on any atom is -0.478 e. The molecule has 6 heteroatoms. The first-order valence-corrected chi connectivity index (χ1v) is 11.8. The fourth-order valence-corrected chi connectivity index (χ4v) is 3.89. The van der Waals surface area contributed by atoms with Gasteiger partial charge in [0.2, 0.25) is 5.91 Å². The zero-order valence-corrected chi connectivity index (χ0v) is 20.2. The Kier molecular flexibility index (Phi) is 7.51. The number of anilines is 2. The van der Waals surface area contributed by atoms with E-state index in [0.29, 0.717) is 24.5 Å². The molecule has 0 radical (unpaired) electrons. The van der Waals surface area contributed by atoms with Crippen LogP contribution >= 0.6 is 0 Å². The van der Waals surface area contributed by atoms with E-state index in [4.69, 9.17) is 4.74 Å². The van der Waals surface area contributed by atoms with E-state index in [1.54, 1.807) is 19.9 Å². The number of ether oxygens (including phenoxy) is 1. The number of nitrogens with one attached hydrogen (secondary N) is 1. The van der Waals surface area contributed by atoms with Crippen molar-refractivity contribution in [3.63, 3.8) is 0 Å². The average molecular weight is 470 g/mol. The third-order valence-corrected chi connectivity index (χ3v) is 5.96. The smallest absolute Gasteiger partial charge is 0.267 e. The Morgan fingerprint density at radius 3 is 2.06 bits per heavy atom. The highest BCUT2D eigenvalue weighted by Gasteiger charge is 2.30. The summed E-state index contributed by atoms with van der Waals surface area (Å²) in [6.07, 6.45) is 3.50. The van der Waals surface area contributed by atoms with Gasteiger partial charge in [-0.25, -0.2) is 0 Å². The summed E-state index contributed by atoms with van der Waals surface area (Å²) < 4.78 is 5.87. The normalized spacial score (nSPS) is 14.1. The Hall–Kier alpha value is -4.06. The summed E-state index contributed by atoms with van der Waals surface area (Å²) in [6, 6.07) is 26.9. The van der Waals surface area contributed by atoms with Gasteiger partial charge in [-0.3, -0.25) is 9.59 Å². The second-order valence-corrected chi connectivity index (χ2v) is 8.98. The molecule has 0 saturated carbocycles. The third-order valence-electron chi connectivity index (χ3n) is 5.96. The lowest BCUT2D eigenvalue weighted by molar-refractivity contribution is -0.128. The van der Waals surface area contributed by atoms with E-state index in [2.05, 4.69) is 10.2 Å². The van der Waals surface area contributed by atoms with Crippen LogP contribution in [0.3, 0.4) is 0 Å². The zero-order chi connectivity index (χ0) is 24.7. The van der Waals surface area contributed by atoms with Gasteiger partial charge in [-0.05, 0) is 61.9 Å². The molecular weight excluding hydrogens is 438 g/mol. The molecule has 4 rings (SSSR count). The van der Waals surface area contributed by atoms with Crippen molar-refractivity contribution < 1.29 is 14.3 Å². The number of hydrogen-bond acceptors (Lipinski definition) is 4. The molecule has 2 amide bonds. The number of piperazine rings is 1. The highest BCUT2D eigenvalue weighted by Crippen LogP contribution is 2.23. The van der Waals surface area contributed by atoms with Gasteiger partial charge in [-0.2, -0.15) is 0 Å². The molecule has 1 heterocycles. The van der Waals surface area contributed by atoms with E-state index in [1.807, 2.05) is 95.9 Å². The largest absolute Gasteiger partial charge is 0.478 e. The second kappa shape index (κ2) is 10.9. The van der Waals surface area contributed by atoms with Crippen LogP contribution in [0.5, 0.6) is 5.75 Å². The second-order valence-electron chi connectivity index (χ2n) is 8.98. The molecule has 35 heavy (non-hydrogen) atoms. The maximum Gasteiger partial charge on any atom is 0.267 e. The van der Waals surface area contributed by atoms with E-state index in [1.165, 1.54) is 0 Å². The fraction of sp³-hybridized carbons (Fsp3) is 0.241. The maximum absolute atomic E-state index is 12.8. The van der Waals surface area contributed by atoms with Crippen LogP contribution in [0, 0.1) is 0 Å².